The van der Waals surface area contributed by atoms with Crippen molar-refractivity contribution in [3.05, 3.63) is 47.2 Å². The van der Waals surface area contributed by atoms with E-state index in [2.05, 4.69) is 21.2 Å². The smallest absolute Gasteiger partial charge is 0.355 e. The lowest BCUT2D eigenvalue weighted by Crippen LogP contribution is -2.73. The number of alkyl halides is 4. The standard InChI is InChI=1S/C19H18BrCl3N2O5S/c20-7-6-12-9-31(29)17-14(24-13(26)8-11-4-2-1-3-5-11)16(27)25(17)15(12)18(28)30-10-19(21,22)23/h1-5,14,17H,6-10H2,(H,24,26)/t14?,17-,31?/m1/s1. The van der Waals surface area contributed by atoms with Crippen molar-refractivity contribution in [2.24, 2.45) is 0 Å². The van der Waals surface area contributed by atoms with Gasteiger partial charge in [0.05, 0.1) is 17.2 Å². The Labute approximate surface area is 205 Å². The van der Waals surface area contributed by atoms with Gasteiger partial charge in [0.2, 0.25) is 9.70 Å². The van der Waals surface area contributed by atoms with Crippen LogP contribution in [0.3, 0.4) is 0 Å². The molecule has 2 aliphatic heterocycles. The molecule has 2 amide bonds. The third-order valence-electron chi connectivity index (χ3n) is 4.69. The van der Waals surface area contributed by atoms with Gasteiger partial charge in [-0.3, -0.25) is 18.7 Å². The van der Waals surface area contributed by atoms with Crippen molar-refractivity contribution in [3.8, 4) is 0 Å². The molecular weight excluding hydrogens is 555 g/mol. The number of fused-ring (bicyclic) bond motifs is 1. The third-order valence-corrected chi connectivity index (χ3v) is 7.06. The van der Waals surface area contributed by atoms with Crippen LogP contribution in [0.4, 0.5) is 0 Å². The summed E-state index contributed by atoms with van der Waals surface area (Å²) in [6.45, 7) is -0.505. The van der Waals surface area contributed by atoms with Crippen LogP contribution in [-0.4, -0.2) is 59.8 Å². The number of carbonyl (C=O) groups is 3. The molecule has 2 unspecified atom stereocenters. The van der Waals surface area contributed by atoms with Gasteiger partial charge in [-0.1, -0.05) is 81.1 Å². The monoisotopic (exact) mass is 570 g/mol. The van der Waals surface area contributed by atoms with Gasteiger partial charge in [0.15, 0.2) is 0 Å². The maximum atomic E-state index is 12.8. The summed E-state index contributed by atoms with van der Waals surface area (Å²) in [5.41, 5.74) is 1.28. The van der Waals surface area contributed by atoms with Crippen molar-refractivity contribution in [1.29, 1.82) is 0 Å². The Kier molecular flexibility index (Phi) is 8.07. The van der Waals surface area contributed by atoms with E-state index < -0.39 is 44.5 Å². The number of ether oxygens (including phenoxy) is 1. The minimum absolute atomic E-state index is 0.00291. The van der Waals surface area contributed by atoms with Gasteiger partial charge in [0.25, 0.3) is 5.91 Å². The first-order chi connectivity index (χ1) is 14.6. The molecule has 0 radical (unpaired) electrons. The zero-order chi connectivity index (χ0) is 22.8. The summed E-state index contributed by atoms with van der Waals surface area (Å²) in [5.74, 6) is -1.68. The summed E-state index contributed by atoms with van der Waals surface area (Å²) in [6, 6.07) is 8.04. The summed E-state index contributed by atoms with van der Waals surface area (Å²) in [7, 11) is -1.51. The van der Waals surface area contributed by atoms with Crippen LogP contribution in [0.2, 0.25) is 0 Å². The molecule has 7 nitrogen and oxygen atoms in total. The van der Waals surface area contributed by atoms with Crippen LogP contribution in [-0.2, 0) is 36.3 Å². The van der Waals surface area contributed by atoms with Gasteiger partial charge in [-0.05, 0) is 17.6 Å². The molecule has 2 heterocycles. The van der Waals surface area contributed by atoms with Crippen molar-refractivity contribution < 1.29 is 23.3 Å². The molecule has 2 aliphatic rings. The van der Waals surface area contributed by atoms with Crippen LogP contribution in [0.25, 0.3) is 0 Å². The van der Waals surface area contributed by atoms with Crippen molar-refractivity contribution in [2.75, 3.05) is 17.7 Å². The highest BCUT2D eigenvalue weighted by molar-refractivity contribution is 9.09. The molecule has 1 N–H and O–H groups in total. The molecule has 12 heteroatoms. The van der Waals surface area contributed by atoms with Crippen LogP contribution in [0.1, 0.15) is 12.0 Å². The zero-order valence-electron chi connectivity index (χ0n) is 16.0. The normalized spacial score (nSPS) is 23.2. The second-order valence-corrected chi connectivity index (χ2v) is 11.8. The quantitative estimate of drug-likeness (QED) is 0.308. The van der Waals surface area contributed by atoms with Crippen LogP contribution in [0.15, 0.2) is 41.6 Å². The number of hydrogen-bond acceptors (Lipinski definition) is 5. The Hall–Kier alpha value is -1.13. The SMILES string of the molecule is O=C(Cc1ccccc1)NC1C(=O)N2C(C(=O)OCC(Cl)(Cl)Cl)=C(CCBr)CS(=O)[C@H]12. The fourth-order valence-corrected chi connectivity index (χ4v) is 5.74. The van der Waals surface area contributed by atoms with Crippen LogP contribution in [0, 0.1) is 0 Å². The number of hydrogen-bond donors (Lipinski definition) is 1. The number of benzene rings is 1. The predicted octanol–water partition coefficient (Wildman–Crippen LogP) is 2.60. The minimum atomic E-state index is -1.81. The van der Waals surface area contributed by atoms with E-state index in [0.29, 0.717) is 17.3 Å². The first-order valence-corrected chi connectivity index (χ1v) is 12.8. The van der Waals surface area contributed by atoms with Crippen molar-refractivity contribution >= 4 is 79.3 Å². The maximum absolute atomic E-state index is 12.8. The summed E-state index contributed by atoms with van der Waals surface area (Å²) < 4.78 is 16.1. The first kappa shape index (κ1) is 24.5. The average Bonchev–Trinajstić information content (AvgIpc) is 2.70. The van der Waals surface area contributed by atoms with E-state index in [0.717, 1.165) is 10.5 Å². The summed E-state index contributed by atoms with van der Waals surface area (Å²) in [6.07, 6.45) is 0.457. The highest BCUT2D eigenvalue weighted by atomic mass is 79.9. The Morgan fingerprint density at radius 1 is 1.26 bits per heavy atom. The second kappa shape index (κ2) is 10.2. The van der Waals surface area contributed by atoms with E-state index in [-0.39, 0.29) is 23.8 Å². The highest BCUT2D eigenvalue weighted by Gasteiger charge is 2.57. The Balaban J connectivity index is 1.77. The Morgan fingerprint density at radius 3 is 2.55 bits per heavy atom. The molecule has 3 atom stereocenters. The number of nitrogens with one attached hydrogen (secondary N) is 1. The van der Waals surface area contributed by atoms with E-state index in [4.69, 9.17) is 39.5 Å². The lowest BCUT2D eigenvalue weighted by Gasteiger charge is -2.49. The third kappa shape index (κ3) is 5.82. The number of rotatable bonds is 7. The van der Waals surface area contributed by atoms with Crippen LogP contribution >= 0.6 is 50.7 Å². The molecule has 1 aromatic carbocycles. The van der Waals surface area contributed by atoms with E-state index in [1.165, 1.54) is 0 Å². The van der Waals surface area contributed by atoms with Crippen LogP contribution < -0.4 is 5.32 Å². The Bertz CT molecular complexity index is 938. The van der Waals surface area contributed by atoms with Crippen LogP contribution in [0.5, 0.6) is 0 Å². The molecular formula is C19H18BrCl3N2O5S. The van der Waals surface area contributed by atoms with Gasteiger partial charge >= 0.3 is 5.97 Å². The number of esters is 1. The molecule has 1 saturated heterocycles. The molecule has 3 rings (SSSR count). The topological polar surface area (TPSA) is 92.8 Å². The van der Waals surface area contributed by atoms with Crippen molar-refractivity contribution in [3.63, 3.8) is 0 Å². The number of halogens is 4. The highest BCUT2D eigenvalue weighted by Crippen LogP contribution is 2.37. The summed E-state index contributed by atoms with van der Waals surface area (Å²) in [5, 5.41) is 2.27. The molecule has 168 valence electrons. The molecule has 31 heavy (non-hydrogen) atoms. The van der Waals surface area contributed by atoms with Gasteiger partial charge < -0.3 is 10.1 Å². The van der Waals surface area contributed by atoms with Gasteiger partial charge in [0.1, 0.15) is 23.7 Å². The maximum Gasteiger partial charge on any atom is 0.355 e. The molecule has 1 aromatic rings. The fourth-order valence-electron chi connectivity index (χ4n) is 3.37. The summed E-state index contributed by atoms with van der Waals surface area (Å²) >= 11 is 20.2. The largest absolute Gasteiger partial charge is 0.456 e. The predicted molar refractivity (Wildman–Crippen MR) is 122 cm³/mol. The van der Waals surface area contributed by atoms with E-state index in [9.17, 15) is 18.6 Å². The lowest BCUT2D eigenvalue weighted by molar-refractivity contribution is -0.153. The number of amides is 2. The number of nitrogens with zero attached hydrogens (tertiary/aromatic N) is 1. The molecule has 0 bridgehead atoms. The number of carbonyl (C=O) groups excluding carboxylic acids is 3. The fraction of sp³-hybridized carbons (Fsp3) is 0.421. The molecule has 1 fully saturated rings. The average molecular weight is 573 g/mol. The van der Waals surface area contributed by atoms with E-state index in [1.54, 1.807) is 24.3 Å². The molecule has 0 spiro atoms. The number of β-lactam (4-membered cyclic amide) rings is 1. The van der Waals surface area contributed by atoms with Crippen molar-refractivity contribution in [1.82, 2.24) is 10.2 Å². The van der Waals surface area contributed by atoms with Crippen molar-refractivity contribution in [2.45, 2.75) is 28.0 Å². The molecule has 0 saturated carbocycles. The first-order valence-electron chi connectivity index (χ1n) is 9.17. The van der Waals surface area contributed by atoms with E-state index in [1.807, 2.05) is 6.07 Å². The van der Waals surface area contributed by atoms with Gasteiger partial charge in [-0.25, -0.2) is 4.79 Å². The zero-order valence-corrected chi connectivity index (χ0v) is 20.7. The molecule has 0 aromatic heterocycles. The van der Waals surface area contributed by atoms with E-state index >= 15 is 0 Å². The summed E-state index contributed by atoms with van der Waals surface area (Å²) in [4.78, 5) is 39.1. The molecule has 0 aliphatic carbocycles. The van der Waals surface area contributed by atoms with Gasteiger partial charge in [-0.2, -0.15) is 0 Å². The van der Waals surface area contributed by atoms with Gasteiger partial charge in [-0.15, -0.1) is 0 Å². The van der Waals surface area contributed by atoms with Gasteiger partial charge in [0, 0.05) is 11.1 Å². The lowest BCUT2D eigenvalue weighted by atomic mass is 10.0. The Morgan fingerprint density at radius 2 is 1.94 bits per heavy atom. The second-order valence-electron chi connectivity index (χ2n) is 6.91. The minimum Gasteiger partial charge on any atom is -0.456 e.